The molecule has 4 rings (SSSR count). The number of aromatic amines is 1. The summed E-state index contributed by atoms with van der Waals surface area (Å²) in [4.78, 5) is 34.6. The predicted molar refractivity (Wildman–Crippen MR) is 175 cm³/mol. The number of aromatic nitrogens is 4. The molecule has 2 heterocycles. The number of H-pyrrole nitrogens is 1. The molecule has 0 bridgehead atoms. The number of hydrogen-bond donors (Lipinski definition) is 2. The van der Waals surface area contributed by atoms with Gasteiger partial charge in [-0.05, 0) is 87.3 Å². The highest BCUT2D eigenvalue weighted by molar-refractivity contribution is 6.47. The maximum atomic E-state index is 14.5. The number of halogens is 2. The first-order chi connectivity index (χ1) is 20.8. The minimum Gasteiger partial charge on any atom is -0.345 e. The van der Waals surface area contributed by atoms with Crippen molar-refractivity contribution in [1.82, 2.24) is 30.8 Å². The van der Waals surface area contributed by atoms with E-state index < -0.39 is 5.66 Å². The van der Waals surface area contributed by atoms with Crippen LogP contribution in [0.1, 0.15) is 107 Å². The average Bonchev–Trinajstić information content (AvgIpc) is 3.58. The second kappa shape index (κ2) is 14.0. The van der Waals surface area contributed by atoms with Gasteiger partial charge in [0.25, 0.3) is 11.8 Å². The van der Waals surface area contributed by atoms with E-state index in [-0.39, 0.29) is 29.8 Å². The summed E-state index contributed by atoms with van der Waals surface area (Å²) in [5.74, 6) is -0.00767. The first kappa shape index (κ1) is 33.3. The molecule has 0 fully saturated rings. The maximum absolute atomic E-state index is 14.5. The summed E-state index contributed by atoms with van der Waals surface area (Å²) in [6.45, 7) is 13.0. The zero-order valence-electron chi connectivity index (χ0n) is 26.2. The lowest BCUT2D eigenvalue weighted by Crippen LogP contribution is -2.48. The van der Waals surface area contributed by atoms with E-state index in [1.54, 1.807) is 30.3 Å². The Kier molecular flexibility index (Phi) is 10.6. The molecule has 1 unspecified atom stereocenters. The molecule has 0 radical (unpaired) electrons. The van der Waals surface area contributed by atoms with Gasteiger partial charge in [-0.3, -0.25) is 14.6 Å². The fraction of sp³-hybridized carbons (Fsp3) is 0.455. The summed E-state index contributed by atoms with van der Waals surface area (Å²) in [6.07, 6.45) is 5.87. The Morgan fingerprint density at radius 1 is 1.11 bits per heavy atom. The van der Waals surface area contributed by atoms with Gasteiger partial charge in [0.05, 0.1) is 12.6 Å². The van der Waals surface area contributed by atoms with E-state index in [0.29, 0.717) is 45.5 Å². The number of amides is 2. The molecular weight excluding hydrogens is 597 g/mol. The summed E-state index contributed by atoms with van der Waals surface area (Å²) < 4.78 is 0. The molecule has 9 nitrogen and oxygen atoms in total. The van der Waals surface area contributed by atoms with E-state index in [0.717, 1.165) is 24.8 Å². The van der Waals surface area contributed by atoms with Crippen molar-refractivity contribution in [1.29, 1.82) is 0 Å². The smallest absolute Gasteiger partial charge is 0.275 e. The number of aliphatic imine (C=N–C) groups is 1. The molecule has 44 heavy (non-hydrogen) atoms. The number of allylic oxidation sites excluding steroid dienone is 2. The minimum atomic E-state index is -0.768. The van der Waals surface area contributed by atoms with Gasteiger partial charge in [0, 0.05) is 21.2 Å². The molecule has 2 aromatic carbocycles. The third kappa shape index (κ3) is 8.12. The van der Waals surface area contributed by atoms with Crippen molar-refractivity contribution >= 4 is 40.7 Å². The summed E-state index contributed by atoms with van der Waals surface area (Å²) in [5.41, 5.74) is 2.90. The van der Waals surface area contributed by atoms with Crippen molar-refractivity contribution in [3.05, 3.63) is 86.7 Å². The fourth-order valence-electron chi connectivity index (χ4n) is 5.51. The van der Waals surface area contributed by atoms with E-state index in [1.165, 1.54) is 5.57 Å². The van der Waals surface area contributed by atoms with Crippen LogP contribution in [-0.2, 0) is 11.3 Å². The quantitative estimate of drug-likeness (QED) is 0.200. The van der Waals surface area contributed by atoms with Crippen molar-refractivity contribution in [3.63, 3.8) is 0 Å². The minimum absolute atomic E-state index is 0.0388. The molecule has 2 amide bonds. The molecule has 1 aliphatic rings. The number of carbonyl (C=O) groups excluding carboxylic acids is 2. The summed E-state index contributed by atoms with van der Waals surface area (Å²) in [6, 6.07) is 12.3. The highest BCUT2D eigenvalue weighted by atomic mass is 35.5. The number of carbonyl (C=O) groups is 2. The molecule has 0 aliphatic carbocycles. The Labute approximate surface area is 269 Å². The van der Waals surface area contributed by atoms with Crippen molar-refractivity contribution in [2.75, 3.05) is 0 Å². The Bertz CT molecular complexity index is 1500. The molecule has 1 aromatic heterocycles. The van der Waals surface area contributed by atoms with Gasteiger partial charge in [0.1, 0.15) is 11.4 Å². The molecule has 2 N–H and O–H groups in total. The maximum Gasteiger partial charge on any atom is 0.275 e. The standard InChI is InChI=1S/C33H41Cl2N7O2/c1-7-33(15-8-9-21(2)3)37-29(24-17-25(34)19-26(35)18-24)31(44)42(33)27(14-16-32(4,5)6)22-10-12-23(13-11-22)30(43)36-20-28-38-40-41-39-28/h9-13,17-19,27H,7-8,14-16,20H2,1-6H3,(H,36,43)(H,38,39,40,41)/t27-,33?/m1/s1. The van der Waals surface area contributed by atoms with Crippen LogP contribution >= 0.6 is 23.2 Å². The van der Waals surface area contributed by atoms with Gasteiger partial charge < -0.3 is 10.2 Å². The summed E-state index contributed by atoms with van der Waals surface area (Å²) in [5, 5.41) is 17.3. The highest BCUT2D eigenvalue weighted by Gasteiger charge is 2.49. The molecule has 0 spiro atoms. The van der Waals surface area contributed by atoms with Crippen LogP contribution in [0.2, 0.25) is 10.0 Å². The third-order valence-electron chi connectivity index (χ3n) is 7.82. The summed E-state index contributed by atoms with van der Waals surface area (Å²) >= 11 is 12.7. The van der Waals surface area contributed by atoms with Gasteiger partial charge in [-0.15, -0.1) is 10.2 Å². The number of rotatable bonds is 12. The van der Waals surface area contributed by atoms with Crippen molar-refractivity contribution < 1.29 is 9.59 Å². The van der Waals surface area contributed by atoms with Crippen LogP contribution in [0.3, 0.4) is 0 Å². The van der Waals surface area contributed by atoms with E-state index >= 15 is 0 Å². The largest absolute Gasteiger partial charge is 0.345 e. The van der Waals surface area contributed by atoms with Crippen LogP contribution in [0.4, 0.5) is 0 Å². The number of hydrogen-bond acceptors (Lipinski definition) is 6. The first-order valence-corrected chi connectivity index (χ1v) is 15.7. The van der Waals surface area contributed by atoms with E-state index in [4.69, 9.17) is 28.2 Å². The second-order valence-electron chi connectivity index (χ2n) is 12.7. The van der Waals surface area contributed by atoms with Gasteiger partial charge in [-0.25, -0.2) is 0 Å². The van der Waals surface area contributed by atoms with Crippen LogP contribution in [0, 0.1) is 5.41 Å². The van der Waals surface area contributed by atoms with Gasteiger partial charge in [0.2, 0.25) is 0 Å². The fourth-order valence-corrected chi connectivity index (χ4v) is 6.03. The molecule has 0 saturated carbocycles. The molecule has 2 atom stereocenters. The first-order valence-electron chi connectivity index (χ1n) is 15.0. The topological polar surface area (TPSA) is 116 Å². The SMILES string of the molecule is CCC1(CCC=C(C)C)N=C(c2cc(Cl)cc(Cl)c2)C(=O)N1[C@H](CCC(C)(C)C)c1ccc(C(=O)NCc2nn[nH]n2)cc1. The molecule has 1 aliphatic heterocycles. The van der Waals surface area contributed by atoms with Crippen LogP contribution < -0.4 is 5.32 Å². The Morgan fingerprint density at radius 3 is 2.36 bits per heavy atom. The molecule has 0 saturated heterocycles. The van der Waals surface area contributed by atoms with Crippen LogP contribution in [0.15, 0.2) is 59.1 Å². The van der Waals surface area contributed by atoms with Crippen molar-refractivity contribution in [2.45, 2.75) is 91.9 Å². The zero-order chi connectivity index (χ0) is 32.1. The number of benzene rings is 2. The average molecular weight is 639 g/mol. The Morgan fingerprint density at radius 2 is 1.80 bits per heavy atom. The number of nitrogens with zero attached hydrogens (tertiary/aromatic N) is 5. The van der Waals surface area contributed by atoms with E-state index in [9.17, 15) is 9.59 Å². The van der Waals surface area contributed by atoms with Gasteiger partial charge in [-0.1, -0.05) is 79.9 Å². The highest BCUT2D eigenvalue weighted by Crippen LogP contribution is 2.44. The zero-order valence-corrected chi connectivity index (χ0v) is 27.8. The van der Waals surface area contributed by atoms with Gasteiger partial charge in [0.15, 0.2) is 5.82 Å². The van der Waals surface area contributed by atoms with Crippen molar-refractivity contribution in [2.24, 2.45) is 10.4 Å². The monoisotopic (exact) mass is 637 g/mol. The molecule has 11 heteroatoms. The lowest BCUT2D eigenvalue weighted by molar-refractivity contribution is -0.132. The van der Waals surface area contributed by atoms with Crippen LogP contribution in [-0.4, -0.2) is 48.7 Å². The molecule has 234 valence electrons. The Balaban J connectivity index is 1.74. The van der Waals surface area contributed by atoms with Gasteiger partial charge >= 0.3 is 0 Å². The second-order valence-corrected chi connectivity index (χ2v) is 13.6. The third-order valence-corrected chi connectivity index (χ3v) is 8.26. The predicted octanol–water partition coefficient (Wildman–Crippen LogP) is 7.49. The molecular formula is C33H41Cl2N7O2. The van der Waals surface area contributed by atoms with Crippen molar-refractivity contribution in [3.8, 4) is 0 Å². The van der Waals surface area contributed by atoms with E-state index in [2.05, 4.69) is 73.6 Å². The summed E-state index contributed by atoms with van der Waals surface area (Å²) in [7, 11) is 0. The van der Waals surface area contributed by atoms with E-state index in [1.807, 2.05) is 17.0 Å². The number of tetrazole rings is 1. The van der Waals surface area contributed by atoms with Gasteiger partial charge in [-0.2, -0.15) is 5.21 Å². The van der Waals surface area contributed by atoms with Crippen LogP contribution in [0.25, 0.3) is 0 Å². The number of nitrogens with one attached hydrogen (secondary N) is 2. The normalized spacial score (nSPS) is 17.4. The van der Waals surface area contributed by atoms with Crippen LogP contribution in [0.5, 0.6) is 0 Å². The lowest BCUT2D eigenvalue weighted by atomic mass is 9.85. The molecule has 3 aromatic rings. The lowest BCUT2D eigenvalue weighted by Gasteiger charge is -2.42. The Hall–Kier alpha value is -3.56.